The van der Waals surface area contributed by atoms with Crippen LogP contribution in [-0.4, -0.2) is 29.2 Å². The zero-order valence-electron chi connectivity index (χ0n) is 19.1. The second-order valence-electron chi connectivity index (χ2n) is 8.37. The molecule has 0 saturated heterocycles. The van der Waals surface area contributed by atoms with Gasteiger partial charge in [-0.15, -0.1) is 0 Å². The number of aliphatic carboxylic acids is 1. The SMILES string of the molecule is COc1ccc2c(c1OCc1ccccc1)CC(C(=O)O)N(c1nc3ccc(C(F)(F)F)cc3o1)C2. The van der Waals surface area contributed by atoms with Crippen LogP contribution in [0.2, 0.25) is 0 Å². The van der Waals surface area contributed by atoms with Gasteiger partial charge in [0.25, 0.3) is 6.01 Å². The Kier molecular flexibility index (Phi) is 5.95. The lowest BCUT2D eigenvalue weighted by Gasteiger charge is -2.34. The van der Waals surface area contributed by atoms with Crippen molar-refractivity contribution in [2.75, 3.05) is 12.0 Å². The van der Waals surface area contributed by atoms with E-state index in [0.29, 0.717) is 17.1 Å². The lowest BCUT2D eigenvalue weighted by atomic mass is 9.93. The minimum absolute atomic E-state index is 0.0541. The van der Waals surface area contributed by atoms with Gasteiger partial charge in [0.1, 0.15) is 18.2 Å². The van der Waals surface area contributed by atoms with E-state index in [4.69, 9.17) is 13.9 Å². The summed E-state index contributed by atoms with van der Waals surface area (Å²) in [4.78, 5) is 18.0. The molecule has 1 aliphatic rings. The first-order valence-electron chi connectivity index (χ1n) is 11.1. The van der Waals surface area contributed by atoms with Gasteiger partial charge in [0.15, 0.2) is 17.1 Å². The highest BCUT2D eigenvalue weighted by molar-refractivity contribution is 5.81. The fourth-order valence-electron chi connectivity index (χ4n) is 4.30. The number of halogens is 3. The summed E-state index contributed by atoms with van der Waals surface area (Å²) >= 11 is 0. The first-order chi connectivity index (χ1) is 17.2. The highest BCUT2D eigenvalue weighted by Crippen LogP contribution is 2.40. The van der Waals surface area contributed by atoms with Crippen LogP contribution in [0.5, 0.6) is 11.5 Å². The average molecular weight is 498 g/mol. The number of carboxylic acids is 1. The fourth-order valence-corrected chi connectivity index (χ4v) is 4.30. The molecule has 10 heteroatoms. The molecule has 1 atom stereocenters. The van der Waals surface area contributed by atoms with Gasteiger partial charge in [0.05, 0.1) is 12.7 Å². The van der Waals surface area contributed by atoms with Crippen LogP contribution in [0.25, 0.3) is 11.1 Å². The Labute approximate surface area is 203 Å². The number of anilines is 1. The van der Waals surface area contributed by atoms with Crippen molar-refractivity contribution in [1.82, 2.24) is 4.98 Å². The van der Waals surface area contributed by atoms with Crippen molar-refractivity contribution in [3.05, 3.63) is 82.9 Å². The molecule has 186 valence electrons. The second kappa shape index (κ2) is 9.10. The highest BCUT2D eigenvalue weighted by atomic mass is 19.4. The Balaban J connectivity index is 1.51. The van der Waals surface area contributed by atoms with Crippen molar-refractivity contribution >= 4 is 23.1 Å². The molecule has 0 spiro atoms. The zero-order valence-corrected chi connectivity index (χ0v) is 19.1. The van der Waals surface area contributed by atoms with Crippen LogP contribution < -0.4 is 14.4 Å². The Morgan fingerprint density at radius 2 is 1.94 bits per heavy atom. The number of carboxylic acid groups (broad SMARTS) is 1. The first kappa shape index (κ1) is 23.5. The summed E-state index contributed by atoms with van der Waals surface area (Å²) < 4.78 is 56.5. The third-order valence-corrected chi connectivity index (χ3v) is 6.12. The lowest BCUT2D eigenvalue weighted by Crippen LogP contribution is -2.46. The van der Waals surface area contributed by atoms with Gasteiger partial charge < -0.3 is 23.9 Å². The number of hydrogen-bond donors (Lipinski definition) is 1. The summed E-state index contributed by atoms with van der Waals surface area (Å²) in [7, 11) is 1.51. The van der Waals surface area contributed by atoms with Crippen molar-refractivity contribution in [3.8, 4) is 11.5 Å². The summed E-state index contributed by atoms with van der Waals surface area (Å²) in [5.74, 6) is -0.198. The number of ether oxygens (including phenoxy) is 2. The number of aromatic nitrogens is 1. The summed E-state index contributed by atoms with van der Waals surface area (Å²) in [5, 5.41) is 10.0. The largest absolute Gasteiger partial charge is 0.493 e. The molecule has 0 aliphatic carbocycles. The van der Waals surface area contributed by atoms with Gasteiger partial charge in [-0.05, 0) is 35.4 Å². The second-order valence-corrected chi connectivity index (χ2v) is 8.37. The number of nitrogens with zero attached hydrogens (tertiary/aromatic N) is 2. The molecule has 4 aromatic rings. The Hall–Kier alpha value is -4.21. The summed E-state index contributed by atoms with van der Waals surface area (Å²) in [5.41, 5.74) is 1.66. The smallest absolute Gasteiger partial charge is 0.416 e. The number of alkyl halides is 3. The molecule has 0 saturated carbocycles. The van der Waals surface area contributed by atoms with Crippen LogP contribution in [0.4, 0.5) is 19.2 Å². The molecule has 0 fully saturated rings. The molecule has 0 amide bonds. The number of carbonyl (C=O) groups is 1. The summed E-state index contributed by atoms with van der Waals surface area (Å²) in [6, 6.07) is 14.9. The molecule has 36 heavy (non-hydrogen) atoms. The number of hydrogen-bond acceptors (Lipinski definition) is 6. The topological polar surface area (TPSA) is 85.0 Å². The summed E-state index contributed by atoms with van der Waals surface area (Å²) in [6.07, 6.45) is -4.48. The summed E-state index contributed by atoms with van der Waals surface area (Å²) in [6.45, 7) is 0.374. The molecule has 1 aliphatic heterocycles. The van der Waals surface area contributed by atoms with E-state index in [9.17, 15) is 23.1 Å². The van der Waals surface area contributed by atoms with E-state index in [1.165, 1.54) is 18.1 Å². The van der Waals surface area contributed by atoms with Crippen LogP contribution >= 0.6 is 0 Å². The van der Waals surface area contributed by atoms with E-state index in [-0.39, 0.29) is 36.7 Å². The fraction of sp³-hybridized carbons (Fsp3) is 0.231. The van der Waals surface area contributed by atoms with Crippen molar-refractivity contribution in [2.45, 2.75) is 31.8 Å². The van der Waals surface area contributed by atoms with Gasteiger partial charge in [-0.1, -0.05) is 36.4 Å². The van der Waals surface area contributed by atoms with Gasteiger partial charge in [0.2, 0.25) is 0 Å². The molecule has 2 heterocycles. The molecule has 1 unspecified atom stereocenters. The normalized spacial score (nSPS) is 15.6. The molecule has 1 aromatic heterocycles. The van der Waals surface area contributed by atoms with Crippen molar-refractivity contribution in [3.63, 3.8) is 0 Å². The van der Waals surface area contributed by atoms with Crippen LogP contribution in [0.1, 0.15) is 22.3 Å². The minimum Gasteiger partial charge on any atom is -0.493 e. The van der Waals surface area contributed by atoms with Crippen LogP contribution in [0.3, 0.4) is 0 Å². The van der Waals surface area contributed by atoms with E-state index < -0.39 is 23.8 Å². The third kappa shape index (κ3) is 4.41. The Morgan fingerprint density at radius 1 is 1.17 bits per heavy atom. The number of methoxy groups -OCH3 is 1. The van der Waals surface area contributed by atoms with Crippen molar-refractivity contribution in [2.24, 2.45) is 0 Å². The molecular formula is C26H21F3N2O5. The number of benzene rings is 3. The van der Waals surface area contributed by atoms with Gasteiger partial charge in [-0.2, -0.15) is 18.2 Å². The molecule has 0 radical (unpaired) electrons. The molecule has 0 bridgehead atoms. The number of rotatable bonds is 6. The predicted octanol–water partition coefficient (Wildman–Crippen LogP) is 5.45. The third-order valence-electron chi connectivity index (χ3n) is 6.12. The van der Waals surface area contributed by atoms with E-state index in [1.54, 1.807) is 12.1 Å². The molecule has 1 N–H and O–H groups in total. The van der Waals surface area contributed by atoms with E-state index in [1.807, 2.05) is 30.3 Å². The van der Waals surface area contributed by atoms with Gasteiger partial charge in [0, 0.05) is 18.5 Å². The van der Waals surface area contributed by atoms with E-state index in [0.717, 1.165) is 23.3 Å². The Bertz CT molecular complexity index is 1420. The van der Waals surface area contributed by atoms with Crippen LogP contribution in [0, 0.1) is 0 Å². The quantitative estimate of drug-likeness (QED) is 0.378. The van der Waals surface area contributed by atoms with Crippen molar-refractivity contribution in [1.29, 1.82) is 0 Å². The van der Waals surface area contributed by atoms with E-state index in [2.05, 4.69) is 4.98 Å². The minimum atomic E-state index is -4.54. The van der Waals surface area contributed by atoms with E-state index >= 15 is 0 Å². The number of fused-ring (bicyclic) bond motifs is 2. The van der Waals surface area contributed by atoms with Crippen LogP contribution in [-0.2, 0) is 30.5 Å². The Morgan fingerprint density at radius 3 is 2.64 bits per heavy atom. The number of oxazole rings is 1. The molecular weight excluding hydrogens is 477 g/mol. The highest BCUT2D eigenvalue weighted by Gasteiger charge is 2.37. The maximum absolute atomic E-state index is 13.1. The standard InChI is InChI=1S/C26H21F3N2O5/c1-34-21-10-7-16-13-31(25-30-19-9-8-17(26(27,28)29)11-22(19)36-25)20(24(32)33)12-18(16)23(21)35-14-15-5-3-2-4-6-15/h2-11,20H,12-14H2,1H3,(H,32,33). The average Bonchev–Trinajstić information content (AvgIpc) is 3.30. The monoisotopic (exact) mass is 498 g/mol. The van der Waals surface area contributed by atoms with Gasteiger partial charge in [-0.3, -0.25) is 0 Å². The van der Waals surface area contributed by atoms with Gasteiger partial charge >= 0.3 is 12.1 Å². The maximum atomic E-state index is 13.1. The van der Waals surface area contributed by atoms with Crippen LogP contribution in [0.15, 0.2) is 65.1 Å². The molecule has 3 aromatic carbocycles. The predicted molar refractivity (Wildman–Crippen MR) is 124 cm³/mol. The van der Waals surface area contributed by atoms with Crippen molar-refractivity contribution < 1.29 is 37.0 Å². The zero-order chi connectivity index (χ0) is 25.4. The van der Waals surface area contributed by atoms with Gasteiger partial charge in [-0.25, -0.2) is 4.79 Å². The maximum Gasteiger partial charge on any atom is 0.416 e. The first-order valence-corrected chi connectivity index (χ1v) is 11.1. The molecule has 5 rings (SSSR count). The lowest BCUT2D eigenvalue weighted by molar-refractivity contribution is -0.139. The molecule has 7 nitrogen and oxygen atoms in total.